The Labute approximate surface area is 103 Å². The smallest absolute Gasteiger partial charge is 0.132 e. The van der Waals surface area contributed by atoms with Crippen molar-refractivity contribution < 1.29 is 0 Å². The minimum atomic E-state index is -0.552. The molecule has 3 nitrogen and oxygen atoms in total. The summed E-state index contributed by atoms with van der Waals surface area (Å²) in [5.41, 5.74) is 0.322. The number of nitrogens with zero attached hydrogens (tertiary/aromatic N) is 1. The van der Waals surface area contributed by atoms with Crippen LogP contribution in [-0.2, 0) is 5.66 Å². The molecule has 0 aromatic carbocycles. The van der Waals surface area contributed by atoms with Gasteiger partial charge < -0.3 is 0 Å². The molecular formula is C14H19N3. The van der Waals surface area contributed by atoms with Crippen molar-refractivity contribution in [3.05, 3.63) is 68.1 Å². The zero-order valence-corrected chi connectivity index (χ0v) is 10.0. The second-order valence-corrected chi connectivity index (χ2v) is 3.57. The van der Waals surface area contributed by atoms with Crippen LogP contribution in [-0.4, -0.2) is 18.1 Å². The molecule has 3 heteroatoms. The van der Waals surface area contributed by atoms with Crippen molar-refractivity contribution in [2.75, 3.05) is 13.1 Å². The van der Waals surface area contributed by atoms with E-state index < -0.39 is 5.66 Å². The van der Waals surface area contributed by atoms with Gasteiger partial charge >= 0.3 is 0 Å². The van der Waals surface area contributed by atoms with Crippen LogP contribution >= 0.6 is 0 Å². The van der Waals surface area contributed by atoms with E-state index in [0.717, 1.165) is 5.69 Å². The largest absolute Gasteiger partial charge is 0.287 e. The van der Waals surface area contributed by atoms with E-state index in [1.807, 2.05) is 24.3 Å². The quantitative estimate of drug-likeness (QED) is 0.528. The van der Waals surface area contributed by atoms with Gasteiger partial charge in [-0.2, -0.15) is 0 Å². The van der Waals surface area contributed by atoms with E-state index in [1.165, 1.54) is 0 Å². The van der Waals surface area contributed by atoms with E-state index in [9.17, 15) is 0 Å². The standard InChI is InChI=1S/C14H19N3/c1-4-10-16-14(6-3,17-11-5-2)13-9-7-8-12-15-13/h4-9,12,16-17H,1-3,10-11H2. The van der Waals surface area contributed by atoms with Gasteiger partial charge in [-0.1, -0.05) is 30.9 Å². The molecule has 1 aromatic heterocycles. The van der Waals surface area contributed by atoms with Crippen LogP contribution in [0.3, 0.4) is 0 Å². The van der Waals surface area contributed by atoms with Crippen molar-refractivity contribution >= 4 is 0 Å². The average Bonchev–Trinajstić information content (AvgIpc) is 2.41. The summed E-state index contributed by atoms with van der Waals surface area (Å²) in [7, 11) is 0. The Bertz CT molecular complexity index is 358. The van der Waals surface area contributed by atoms with Crippen LogP contribution in [0.2, 0.25) is 0 Å². The van der Waals surface area contributed by atoms with Crippen molar-refractivity contribution in [1.82, 2.24) is 15.6 Å². The Morgan fingerprint density at radius 2 is 1.76 bits per heavy atom. The lowest BCUT2D eigenvalue weighted by atomic mass is 10.0. The molecule has 0 amide bonds. The Hall–Kier alpha value is -1.71. The second-order valence-electron chi connectivity index (χ2n) is 3.57. The van der Waals surface area contributed by atoms with Crippen LogP contribution in [0.15, 0.2) is 62.4 Å². The summed E-state index contributed by atoms with van der Waals surface area (Å²) in [6, 6.07) is 5.79. The highest BCUT2D eigenvalue weighted by atomic mass is 15.2. The first-order valence-corrected chi connectivity index (χ1v) is 5.56. The lowest BCUT2D eigenvalue weighted by Crippen LogP contribution is -2.53. The number of hydrogen-bond donors (Lipinski definition) is 2. The molecule has 0 aliphatic rings. The van der Waals surface area contributed by atoms with Crippen LogP contribution < -0.4 is 10.6 Å². The summed E-state index contributed by atoms with van der Waals surface area (Å²) < 4.78 is 0. The number of pyridine rings is 1. The van der Waals surface area contributed by atoms with Crippen LogP contribution in [0.4, 0.5) is 0 Å². The monoisotopic (exact) mass is 229 g/mol. The van der Waals surface area contributed by atoms with Crippen LogP contribution in [0, 0.1) is 0 Å². The minimum Gasteiger partial charge on any atom is -0.287 e. The maximum atomic E-state index is 4.36. The highest BCUT2D eigenvalue weighted by Crippen LogP contribution is 2.16. The molecule has 0 saturated heterocycles. The first-order valence-electron chi connectivity index (χ1n) is 5.56. The van der Waals surface area contributed by atoms with Gasteiger partial charge in [-0.05, 0) is 12.1 Å². The van der Waals surface area contributed by atoms with Gasteiger partial charge in [0.25, 0.3) is 0 Å². The normalized spacial score (nSPS) is 10.8. The van der Waals surface area contributed by atoms with Gasteiger partial charge in [-0.25, -0.2) is 0 Å². The Morgan fingerprint density at radius 3 is 2.18 bits per heavy atom. The van der Waals surface area contributed by atoms with Gasteiger partial charge in [-0.15, -0.1) is 13.2 Å². The maximum Gasteiger partial charge on any atom is 0.132 e. The van der Waals surface area contributed by atoms with E-state index in [1.54, 1.807) is 18.3 Å². The highest BCUT2D eigenvalue weighted by molar-refractivity contribution is 5.21. The van der Waals surface area contributed by atoms with Crippen LogP contribution in [0.25, 0.3) is 0 Å². The molecule has 2 N–H and O–H groups in total. The molecule has 90 valence electrons. The van der Waals surface area contributed by atoms with Crippen molar-refractivity contribution in [1.29, 1.82) is 0 Å². The molecule has 0 atom stereocenters. The van der Waals surface area contributed by atoms with E-state index in [-0.39, 0.29) is 0 Å². The van der Waals surface area contributed by atoms with E-state index in [2.05, 4.69) is 35.4 Å². The van der Waals surface area contributed by atoms with Crippen molar-refractivity contribution in [2.24, 2.45) is 0 Å². The van der Waals surface area contributed by atoms with Gasteiger partial charge in [0.2, 0.25) is 0 Å². The van der Waals surface area contributed by atoms with Crippen LogP contribution in [0.5, 0.6) is 0 Å². The molecule has 0 spiro atoms. The first-order chi connectivity index (χ1) is 8.29. The number of aromatic nitrogens is 1. The lowest BCUT2D eigenvalue weighted by molar-refractivity contribution is 0.351. The molecule has 0 bridgehead atoms. The summed E-state index contributed by atoms with van der Waals surface area (Å²) in [5.74, 6) is 0. The zero-order chi connectivity index (χ0) is 12.6. The molecule has 1 aromatic rings. The third-order valence-electron chi connectivity index (χ3n) is 2.43. The molecule has 0 unspecified atom stereocenters. The average molecular weight is 229 g/mol. The maximum absolute atomic E-state index is 4.36. The summed E-state index contributed by atoms with van der Waals surface area (Å²) >= 11 is 0. The topological polar surface area (TPSA) is 37.0 Å². The molecule has 17 heavy (non-hydrogen) atoms. The third kappa shape index (κ3) is 3.37. The molecule has 1 rings (SSSR count). The van der Waals surface area contributed by atoms with Gasteiger partial charge in [0.15, 0.2) is 0 Å². The first kappa shape index (κ1) is 13.4. The minimum absolute atomic E-state index is 0.552. The molecule has 0 radical (unpaired) electrons. The van der Waals surface area contributed by atoms with Crippen LogP contribution in [0.1, 0.15) is 5.69 Å². The second kappa shape index (κ2) is 6.78. The highest BCUT2D eigenvalue weighted by Gasteiger charge is 2.27. The van der Waals surface area contributed by atoms with Gasteiger partial charge in [0.1, 0.15) is 5.66 Å². The van der Waals surface area contributed by atoms with E-state index >= 15 is 0 Å². The predicted octanol–water partition coefficient (Wildman–Crippen LogP) is 1.97. The van der Waals surface area contributed by atoms with Gasteiger partial charge in [-0.3, -0.25) is 15.6 Å². The number of hydrogen-bond acceptors (Lipinski definition) is 3. The molecule has 0 fully saturated rings. The third-order valence-corrected chi connectivity index (χ3v) is 2.43. The fraction of sp³-hybridized carbons (Fsp3) is 0.214. The van der Waals surface area contributed by atoms with Gasteiger partial charge in [0, 0.05) is 19.3 Å². The summed E-state index contributed by atoms with van der Waals surface area (Å²) in [5, 5.41) is 6.65. The fourth-order valence-corrected chi connectivity index (χ4v) is 1.55. The Morgan fingerprint density at radius 1 is 1.12 bits per heavy atom. The zero-order valence-electron chi connectivity index (χ0n) is 10.0. The van der Waals surface area contributed by atoms with E-state index in [4.69, 9.17) is 0 Å². The molecule has 1 heterocycles. The van der Waals surface area contributed by atoms with Gasteiger partial charge in [0.05, 0.1) is 5.69 Å². The van der Waals surface area contributed by atoms with Crippen molar-refractivity contribution in [3.63, 3.8) is 0 Å². The SMILES string of the molecule is C=CCNC(C=C)(NCC=C)c1ccccn1. The molecule has 0 aliphatic carbocycles. The number of rotatable bonds is 8. The molecule has 0 saturated carbocycles. The lowest BCUT2D eigenvalue weighted by Gasteiger charge is -2.31. The predicted molar refractivity (Wildman–Crippen MR) is 72.5 cm³/mol. The van der Waals surface area contributed by atoms with Crippen molar-refractivity contribution in [2.45, 2.75) is 5.66 Å². The van der Waals surface area contributed by atoms with E-state index in [0.29, 0.717) is 13.1 Å². The molecule has 0 aliphatic heterocycles. The Kier molecular flexibility index (Phi) is 5.33. The summed E-state index contributed by atoms with van der Waals surface area (Å²) in [6.07, 6.45) is 7.18. The molecular weight excluding hydrogens is 210 g/mol. The fourth-order valence-electron chi connectivity index (χ4n) is 1.55. The Balaban J connectivity index is 3.00. The summed E-state index contributed by atoms with van der Waals surface area (Å²) in [4.78, 5) is 4.36. The number of nitrogens with one attached hydrogen (secondary N) is 2. The summed E-state index contributed by atoms with van der Waals surface area (Å²) in [6.45, 7) is 12.6. The van der Waals surface area contributed by atoms with Crippen molar-refractivity contribution in [3.8, 4) is 0 Å².